The Morgan fingerprint density at radius 2 is 1.95 bits per heavy atom. The molecule has 2 atom stereocenters. The fourth-order valence-corrected chi connectivity index (χ4v) is 2.43. The molecule has 4 heteroatoms. The van der Waals surface area contributed by atoms with Gasteiger partial charge in [-0.25, -0.2) is 4.79 Å². The van der Waals surface area contributed by atoms with Crippen molar-refractivity contribution in [3.63, 3.8) is 0 Å². The lowest BCUT2D eigenvalue weighted by atomic mass is 10.1. The lowest BCUT2D eigenvalue weighted by Gasteiger charge is -2.35. The fraction of sp³-hybridized carbons (Fsp3) is 0.533. The SMILES string of the molecule is Cc1ccccc1CNC(=O)N1CC(C)OC(C)C1. The number of hydrogen-bond acceptors (Lipinski definition) is 2. The molecule has 0 radical (unpaired) electrons. The van der Waals surface area contributed by atoms with E-state index in [9.17, 15) is 4.79 Å². The number of morpholine rings is 1. The van der Waals surface area contributed by atoms with E-state index in [0.717, 1.165) is 5.56 Å². The Bertz CT molecular complexity index is 438. The number of benzene rings is 1. The van der Waals surface area contributed by atoms with Crippen LogP contribution in [0.2, 0.25) is 0 Å². The molecule has 1 heterocycles. The maximum absolute atomic E-state index is 12.1. The van der Waals surface area contributed by atoms with Crippen molar-refractivity contribution < 1.29 is 9.53 Å². The molecule has 1 N–H and O–H groups in total. The minimum atomic E-state index is -0.00902. The van der Waals surface area contributed by atoms with Crippen LogP contribution in [-0.4, -0.2) is 36.2 Å². The molecule has 2 rings (SSSR count). The molecule has 2 amide bonds. The van der Waals surface area contributed by atoms with Crippen LogP contribution in [0, 0.1) is 6.92 Å². The lowest BCUT2D eigenvalue weighted by molar-refractivity contribution is -0.0545. The Labute approximate surface area is 114 Å². The normalized spacial score (nSPS) is 23.2. The van der Waals surface area contributed by atoms with E-state index in [1.54, 1.807) is 0 Å². The molecule has 1 aliphatic rings. The zero-order chi connectivity index (χ0) is 13.8. The summed E-state index contributed by atoms with van der Waals surface area (Å²) in [4.78, 5) is 14.0. The highest BCUT2D eigenvalue weighted by molar-refractivity contribution is 5.74. The van der Waals surface area contributed by atoms with Gasteiger partial charge in [0.2, 0.25) is 0 Å². The summed E-state index contributed by atoms with van der Waals surface area (Å²) in [5.74, 6) is 0. The van der Waals surface area contributed by atoms with Gasteiger partial charge >= 0.3 is 6.03 Å². The highest BCUT2D eigenvalue weighted by Crippen LogP contribution is 2.11. The number of nitrogens with one attached hydrogen (secondary N) is 1. The minimum Gasteiger partial charge on any atom is -0.372 e. The van der Waals surface area contributed by atoms with Gasteiger partial charge in [0, 0.05) is 19.6 Å². The molecular weight excluding hydrogens is 240 g/mol. The Balaban J connectivity index is 1.89. The van der Waals surface area contributed by atoms with Crippen LogP contribution >= 0.6 is 0 Å². The number of hydrogen-bond donors (Lipinski definition) is 1. The van der Waals surface area contributed by atoms with Crippen molar-refractivity contribution in [2.45, 2.75) is 39.5 Å². The maximum Gasteiger partial charge on any atom is 0.317 e. The van der Waals surface area contributed by atoms with Crippen LogP contribution in [0.4, 0.5) is 4.79 Å². The van der Waals surface area contributed by atoms with Crippen molar-refractivity contribution >= 4 is 6.03 Å². The number of aryl methyl sites for hydroxylation is 1. The second kappa shape index (κ2) is 6.06. The predicted octanol–water partition coefficient (Wildman–Crippen LogP) is 2.31. The van der Waals surface area contributed by atoms with Gasteiger partial charge in [0.25, 0.3) is 0 Å². The predicted molar refractivity (Wildman–Crippen MR) is 75.0 cm³/mol. The molecule has 0 aromatic heterocycles. The van der Waals surface area contributed by atoms with Crippen molar-refractivity contribution in [3.05, 3.63) is 35.4 Å². The summed E-state index contributed by atoms with van der Waals surface area (Å²) in [5.41, 5.74) is 2.36. The highest BCUT2D eigenvalue weighted by Gasteiger charge is 2.25. The summed E-state index contributed by atoms with van der Waals surface area (Å²) in [6.07, 6.45) is 0.209. The highest BCUT2D eigenvalue weighted by atomic mass is 16.5. The molecule has 1 fully saturated rings. The van der Waals surface area contributed by atoms with E-state index in [4.69, 9.17) is 4.74 Å². The number of carbonyl (C=O) groups is 1. The van der Waals surface area contributed by atoms with Crippen LogP contribution in [0.15, 0.2) is 24.3 Å². The number of ether oxygens (including phenoxy) is 1. The van der Waals surface area contributed by atoms with Crippen molar-refractivity contribution in [1.29, 1.82) is 0 Å². The van der Waals surface area contributed by atoms with E-state index >= 15 is 0 Å². The van der Waals surface area contributed by atoms with Crippen LogP contribution < -0.4 is 5.32 Å². The summed E-state index contributed by atoms with van der Waals surface area (Å²) >= 11 is 0. The topological polar surface area (TPSA) is 41.6 Å². The molecule has 1 aromatic carbocycles. The molecule has 0 bridgehead atoms. The molecule has 104 valence electrons. The Kier molecular flexibility index (Phi) is 4.43. The average molecular weight is 262 g/mol. The third-order valence-electron chi connectivity index (χ3n) is 3.40. The molecule has 1 aromatic rings. The first-order valence-corrected chi connectivity index (χ1v) is 6.79. The van der Waals surface area contributed by atoms with Crippen molar-refractivity contribution in [2.75, 3.05) is 13.1 Å². The summed E-state index contributed by atoms with van der Waals surface area (Å²) < 4.78 is 5.63. The third-order valence-corrected chi connectivity index (χ3v) is 3.40. The van der Waals surface area contributed by atoms with Crippen molar-refractivity contribution in [3.8, 4) is 0 Å². The van der Waals surface area contributed by atoms with Gasteiger partial charge in [-0.3, -0.25) is 0 Å². The van der Waals surface area contributed by atoms with Gasteiger partial charge < -0.3 is 15.0 Å². The van der Waals surface area contributed by atoms with Crippen LogP contribution in [-0.2, 0) is 11.3 Å². The Hall–Kier alpha value is -1.55. The molecule has 4 nitrogen and oxygen atoms in total. The Morgan fingerprint density at radius 3 is 2.58 bits per heavy atom. The van der Waals surface area contributed by atoms with Gasteiger partial charge in [-0.05, 0) is 31.9 Å². The van der Waals surface area contributed by atoms with Crippen LogP contribution in [0.3, 0.4) is 0 Å². The van der Waals surface area contributed by atoms with E-state index in [2.05, 4.69) is 18.3 Å². The minimum absolute atomic E-state index is 0.00902. The van der Waals surface area contributed by atoms with E-state index in [1.807, 2.05) is 36.9 Å². The molecule has 0 aliphatic carbocycles. The maximum atomic E-state index is 12.1. The van der Waals surface area contributed by atoms with Crippen molar-refractivity contribution in [2.24, 2.45) is 0 Å². The first-order valence-electron chi connectivity index (χ1n) is 6.79. The van der Waals surface area contributed by atoms with E-state index in [1.165, 1.54) is 5.56 Å². The van der Waals surface area contributed by atoms with E-state index in [0.29, 0.717) is 19.6 Å². The molecule has 1 aliphatic heterocycles. The second-order valence-corrected chi connectivity index (χ2v) is 5.25. The number of amides is 2. The average Bonchev–Trinajstić information content (AvgIpc) is 2.36. The summed E-state index contributed by atoms with van der Waals surface area (Å²) in [6.45, 7) is 7.94. The molecule has 0 saturated carbocycles. The van der Waals surface area contributed by atoms with Gasteiger partial charge in [-0.1, -0.05) is 24.3 Å². The lowest BCUT2D eigenvalue weighted by Crippen LogP contribution is -2.51. The van der Waals surface area contributed by atoms with E-state index < -0.39 is 0 Å². The quantitative estimate of drug-likeness (QED) is 0.888. The van der Waals surface area contributed by atoms with Gasteiger partial charge in [0.1, 0.15) is 0 Å². The number of urea groups is 1. The molecule has 19 heavy (non-hydrogen) atoms. The monoisotopic (exact) mass is 262 g/mol. The van der Waals surface area contributed by atoms with Crippen LogP contribution in [0.25, 0.3) is 0 Å². The summed E-state index contributed by atoms with van der Waals surface area (Å²) in [5, 5.41) is 2.98. The van der Waals surface area contributed by atoms with Crippen LogP contribution in [0.5, 0.6) is 0 Å². The van der Waals surface area contributed by atoms with Gasteiger partial charge in [0.15, 0.2) is 0 Å². The number of rotatable bonds is 2. The smallest absolute Gasteiger partial charge is 0.317 e. The number of nitrogens with zero attached hydrogens (tertiary/aromatic N) is 1. The summed E-state index contributed by atoms with van der Waals surface area (Å²) in [7, 11) is 0. The molecule has 0 spiro atoms. The van der Waals surface area contributed by atoms with Gasteiger partial charge in [-0.15, -0.1) is 0 Å². The second-order valence-electron chi connectivity index (χ2n) is 5.25. The van der Waals surface area contributed by atoms with E-state index in [-0.39, 0.29) is 18.2 Å². The first-order chi connectivity index (χ1) is 9.06. The molecular formula is C15H22N2O2. The van der Waals surface area contributed by atoms with Crippen molar-refractivity contribution in [1.82, 2.24) is 10.2 Å². The van der Waals surface area contributed by atoms with Crippen LogP contribution in [0.1, 0.15) is 25.0 Å². The third kappa shape index (κ3) is 3.70. The first kappa shape index (κ1) is 13.9. The Morgan fingerprint density at radius 1 is 1.32 bits per heavy atom. The molecule has 2 unspecified atom stereocenters. The summed E-state index contributed by atoms with van der Waals surface area (Å²) in [6, 6.07) is 8.09. The number of carbonyl (C=O) groups excluding carboxylic acids is 1. The van der Waals surface area contributed by atoms with Gasteiger partial charge in [0.05, 0.1) is 12.2 Å². The van der Waals surface area contributed by atoms with Gasteiger partial charge in [-0.2, -0.15) is 0 Å². The zero-order valence-electron chi connectivity index (χ0n) is 11.8. The molecule has 1 saturated heterocycles. The fourth-order valence-electron chi connectivity index (χ4n) is 2.43. The standard InChI is InChI=1S/C15H22N2O2/c1-11-6-4-5-7-14(11)8-16-15(18)17-9-12(2)19-13(3)10-17/h4-7,12-13H,8-10H2,1-3H3,(H,16,18). The largest absolute Gasteiger partial charge is 0.372 e. The zero-order valence-corrected chi connectivity index (χ0v) is 11.8.